The Morgan fingerprint density at radius 2 is 2.13 bits per heavy atom. The molecule has 0 atom stereocenters. The van der Waals surface area contributed by atoms with E-state index < -0.39 is 0 Å². The minimum absolute atomic E-state index is 0.191. The lowest BCUT2D eigenvalue weighted by molar-refractivity contribution is 0.0954. The number of rotatable bonds is 5. The molecule has 0 saturated heterocycles. The van der Waals surface area contributed by atoms with Gasteiger partial charge in [-0.2, -0.15) is 0 Å². The summed E-state index contributed by atoms with van der Waals surface area (Å²) in [6.07, 6.45) is 1.90. The zero-order valence-corrected chi connectivity index (χ0v) is 14.1. The van der Waals surface area contributed by atoms with E-state index in [1.54, 1.807) is 23.5 Å². The molecular weight excluding hydrogens is 330 g/mol. The molecule has 0 aliphatic carbocycles. The van der Waals surface area contributed by atoms with Gasteiger partial charge in [-0.3, -0.25) is 15.6 Å². The quantitative estimate of drug-likeness (QED) is 0.676. The van der Waals surface area contributed by atoms with Gasteiger partial charge in [-0.15, -0.1) is 11.3 Å². The fraction of sp³-hybridized carbons (Fsp3) is 0.118. The van der Waals surface area contributed by atoms with Gasteiger partial charge in [-0.25, -0.2) is 0 Å². The number of anilines is 1. The average Bonchev–Trinajstić information content (AvgIpc) is 3.20. The molecule has 1 amide bonds. The second-order valence-electron chi connectivity index (χ2n) is 5.14. The van der Waals surface area contributed by atoms with Gasteiger partial charge >= 0.3 is 0 Å². The number of hydrogen-bond donors (Lipinski definition) is 2. The number of thiophene rings is 1. The fourth-order valence-corrected chi connectivity index (χ4v) is 3.08. The van der Waals surface area contributed by atoms with Crippen LogP contribution < -0.4 is 10.9 Å². The number of amides is 1. The van der Waals surface area contributed by atoms with E-state index in [0.717, 1.165) is 11.3 Å². The first-order valence-corrected chi connectivity index (χ1v) is 8.39. The summed E-state index contributed by atoms with van der Waals surface area (Å²) in [5, 5.41) is 2.69. The third-order valence-electron chi connectivity index (χ3n) is 3.46. The molecule has 0 aliphatic rings. The molecule has 1 aromatic carbocycles. The molecule has 2 aromatic heterocycles. The third kappa shape index (κ3) is 3.75. The van der Waals surface area contributed by atoms with Gasteiger partial charge < -0.3 is 4.57 Å². The lowest BCUT2D eigenvalue weighted by atomic mass is 10.2. The van der Waals surface area contributed by atoms with Gasteiger partial charge in [-0.05, 0) is 48.2 Å². The maximum Gasteiger partial charge on any atom is 0.286 e. The molecule has 3 aromatic rings. The van der Waals surface area contributed by atoms with Gasteiger partial charge in [0.1, 0.15) is 5.69 Å². The van der Waals surface area contributed by atoms with E-state index in [-0.39, 0.29) is 5.91 Å². The van der Waals surface area contributed by atoms with Gasteiger partial charge in [0, 0.05) is 16.1 Å². The number of aromatic nitrogens is 1. The predicted molar refractivity (Wildman–Crippen MR) is 95.1 cm³/mol. The highest BCUT2D eigenvalue weighted by Crippen LogP contribution is 2.19. The predicted octanol–water partition coefficient (Wildman–Crippen LogP) is 4.32. The van der Waals surface area contributed by atoms with Crippen LogP contribution in [0.3, 0.4) is 0 Å². The molecular formula is C17H16ClN3OS. The van der Waals surface area contributed by atoms with E-state index in [1.165, 1.54) is 4.88 Å². The van der Waals surface area contributed by atoms with Gasteiger partial charge in [0.25, 0.3) is 5.91 Å². The zero-order valence-electron chi connectivity index (χ0n) is 12.5. The Bertz CT molecular complexity index is 811. The van der Waals surface area contributed by atoms with Gasteiger partial charge in [-0.1, -0.05) is 23.7 Å². The number of aryl methyl sites for hydroxylation is 1. The van der Waals surface area contributed by atoms with Crippen molar-refractivity contribution >= 4 is 34.5 Å². The topological polar surface area (TPSA) is 46.1 Å². The van der Waals surface area contributed by atoms with Gasteiger partial charge in [0.05, 0.1) is 12.2 Å². The lowest BCUT2D eigenvalue weighted by Crippen LogP contribution is -2.31. The zero-order chi connectivity index (χ0) is 16.2. The fourth-order valence-electron chi connectivity index (χ4n) is 2.19. The van der Waals surface area contributed by atoms with E-state index in [0.29, 0.717) is 17.3 Å². The minimum Gasteiger partial charge on any atom is -0.338 e. The van der Waals surface area contributed by atoms with E-state index >= 15 is 0 Å². The molecule has 2 N–H and O–H groups in total. The summed E-state index contributed by atoms with van der Waals surface area (Å²) >= 11 is 7.75. The van der Waals surface area contributed by atoms with E-state index in [4.69, 9.17) is 11.6 Å². The van der Waals surface area contributed by atoms with Crippen LogP contribution in [0, 0.1) is 6.92 Å². The molecule has 0 radical (unpaired) electrons. The molecule has 3 rings (SSSR count). The summed E-state index contributed by atoms with van der Waals surface area (Å²) in [5.74, 6) is -0.191. The number of benzene rings is 1. The highest BCUT2D eigenvalue weighted by Gasteiger charge is 2.11. The summed E-state index contributed by atoms with van der Waals surface area (Å²) in [6, 6.07) is 13.3. The number of carbonyl (C=O) groups is 1. The second kappa shape index (κ2) is 6.89. The molecule has 0 fully saturated rings. The molecule has 0 saturated carbocycles. The SMILES string of the molecule is Cc1ccc(NNC(=O)c2cccn2Cc2cccs2)cc1Cl. The van der Waals surface area contributed by atoms with Crippen LogP contribution in [0.5, 0.6) is 0 Å². The maximum absolute atomic E-state index is 12.4. The van der Waals surface area contributed by atoms with Gasteiger partial charge in [0.2, 0.25) is 0 Å². The monoisotopic (exact) mass is 345 g/mol. The van der Waals surface area contributed by atoms with Crippen molar-refractivity contribution in [2.24, 2.45) is 0 Å². The molecule has 4 nitrogen and oxygen atoms in total. The highest BCUT2D eigenvalue weighted by molar-refractivity contribution is 7.09. The Morgan fingerprint density at radius 1 is 1.26 bits per heavy atom. The molecule has 0 unspecified atom stereocenters. The highest BCUT2D eigenvalue weighted by atomic mass is 35.5. The summed E-state index contributed by atoms with van der Waals surface area (Å²) < 4.78 is 1.92. The van der Waals surface area contributed by atoms with Crippen LogP contribution >= 0.6 is 22.9 Å². The van der Waals surface area contributed by atoms with Crippen molar-refractivity contribution < 1.29 is 4.79 Å². The standard InChI is InChI=1S/C17H16ClN3OS/c1-12-6-7-13(10-15(12)18)19-20-17(22)16-5-2-8-21(16)11-14-4-3-9-23-14/h2-10,19H,11H2,1H3,(H,20,22). The summed E-state index contributed by atoms with van der Waals surface area (Å²) in [5.41, 5.74) is 7.93. The van der Waals surface area contributed by atoms with Crippen molar-refractivity contribution in [2.75, 3.05) is 5.43 Å². The van der Waals surface area contributed by atoms with E-state index in [1.807, 2.05) is 47.3 Å². The Hall–Kier alpha value is -2.24. The molecule has 23 heavy (non-hydrogen) atoms. The van der Waals surface area contributed by atoms with E-state index in [2.05, 4.69) is 16.9 Å². The van der Waals surface area contributed by atoms with Crippen LogP contribution in [0.2, 0.25) is 5.02 Å². The van der Waals surface area contributed by atoms with Crippen LogP contribution in [-0.2, 0) is 6.54 Å². The Morgan fingerprint density at radius 3 is 2.87 bits per heavy atom. The molecule has 6 heteroatoms. The van der Waals surface area contributed by atoms with Crippen LogP contribution in [0.1, 0.15) is 20.9 Å². The van der Waals surface area contributed by atoms with Crippen LogP contribution in [-0.4, -0.2) is 10.5 Å². The first-order valence-electron chi connectivity index (χ1n) is 7.13. The molecule has 2 heterocycles. The van der Waals surface area contributed by atoms with Gasteiger partial charge in [0.15, 0.2) is 0 Å². The van der Waals surface area contributed by atoms with Crippen LogP contribution in [0.15, 0.2) is 54.0 Å². The van der Waals surface area contributed by atoms with Crippen molar-refractivity contribution in [3.8, 4) is 0 Å². The van der Waals surface area contributed by atoms with Crippen molar-refractivity contribution in [1.82, 2.24) is 9.99 Å². The summed E-state index contributed by atoms with van der Waals surface area (Å²) in [6.45, 7) is 2.62. The van der Waals surface area contributed by atoms with Crippen molar-refractivity contribution in [3.05, 3.63) is 75.2 Å². The average molecular weight is 346 g/mol. The number of halogens is 1. The third-order valence-corrected chi connectivity index (χ3v) is 4.73. The molecule has 0 aliphatic heterocycles. The molecule has 0 bridgehead atoms. The smallest absolute Gasteiger partial charge is 0.286 e. The Labute approximate surface area is 143 Å². The van der Waals surface area contributed by atoms with Crippen LogP contribution in [0.25, 0.3) is 0 Å². The first-order chi connectivity index (χ1) is 11.1. The number of nitrogens with one attached hydrogen (secondary N) is 2. The largest absolute Gasteiger partial charge is 0.338 e. The van der Waals surface area contributed by atoms with Crippen molar-refractivity contribution in [3.63, 3.8) is 0 Å². The van der Waals surface area contributed by atoms with Crippen LogP contribution in [0.4, 0.5) is 5.69 Å². The van der Waals surface area contributed by atoms with E-state index in [9.17, 15) is 4.79 Å². The second-order valence-corrected chi connectivity index (χ2v) is 6.58. The summed E-state index contributed by atoms with van der Waals surface area (Å²) in [4.78, 5) is 13.6. The number of nitrogens with zero attached hydrogens (tertiary/aromatic N) is 1. The first kappa shape index (κ1) is 15.6. The number of hydrogen-bond acceptors (Lipinski definition) is 3. The summed E-state index contributed by atoms with van der Waals surface area (Å²) in [7, 11) is 0. The number of hydrazine groups is 1. The molecule has 0 spiro atoms. The minimum atomic E-state index is -0.191. The van der Waals surface area contributed by atoms with Crippen molar-refractivity contribution in [2.45, 2.75) is 13.5 Å². The Balaban J connectivity index is 1.66. The lowest BCUT2D eigenvalue weighted by Gasteiger charge is -2.11. The normalized spacial score (nSPS) is 10.5. The van der Waals surface area contributed by atoms with Crippen molar-refractivity contribution in [1.29, 1.82) is 0 Å². The number of carbonyl (C=O) groups excluding carboxylic acids is 1. The Kier molecular flexibility index (Phi) is 4.69. The maximum atomic E-state index is 12.4. The molecule has 118 valence electrons.